The van der Waals surface area contributed by atoms with E-state index in [-0.39, 0.29) is 12.5 Å². The van der Waals surface area contributed by atoms with Crippen LogP contribution in [-0.4, -0.2) is 23.5 Å². The average molecular weight is 302 g/mol. The molecule has 0 bridgehead atoms. The first-order chi connectivity index (χ1) is 10.1. The summed E-state index contributed by atoms with van der Waals surface area (Å²) in [6, 6.07) is 13.7. The summed E-state index contributed by atoms with van der Waals surface area (Å²) in [6.45, 7) is 0.149. The van der Waals surface area contributed by atoms with Gasteiger partial charge in [0, 0.05) is 22.8 Å². The van der Waals surface area contributed by atoms with E-state index < -0.39 is 11.9 Å². The lowest BCUT2D eigenvalue weighted by molar-refractivity contribution is -0.138. The molecule has 0 fully saturated rings. The zero-order valence-electron chi connectivity index (χ0n) is 11.0. The van der Waals surface area contributed by atoms with Gasteiger partial charge in [-0.15, -0.1) is 0 Å². The predicted molar refractivity (Wildman–Crippen MR) is 79.9 cm³/mol. The van der Waals surface area contributed by atoms with Gasteiger partial charge < -0.3 is 10.0 Å². The molecule has 0 radical (unpaired) electrons. The highest BCUT2D eigenvalue weighted by atomic mass is 35.5. The highest BCUT2D eigenvalue weighted by Gasteiger charge is 2.36. The molecule has 1 aliphatic heterocycles. The molecule has 1 amide bonds. The van der Waals surface area contributed by atoms with Crippen LogP contribution in [0.3, 0.4) is 0 Å². The van der Waals surface area contributed by atoms with E-state index in [0.717, 1.165) is 0 Å². The minimum Gasteiger partial charge on any atom is -0.481 e. The van der Waals surface area contributed by atoms with Crippen LogP contribution in [0.2, 0.25) is 5.02 Å². The second-order valence-electron chi connectivity index (χ2n) is 4.87. The number of aliphatic carboxylic acids is 1. The molecular formula is C16H12ClNO3. The summed E-state index contributed by atoms with van der Waals surface area (Å²) in [6.07, 6.45) is 0. The number of carbonyl (C=O) groups is 2. The molecule has 2 aromatic rings. The van der Waals surface area contributed by atoms with E-state index in [0.29, 0.717) is 21.8 Å². The van der Waals surface area contributed by atoms with Gasteiger partial charge in [-0.1, -0.05) is 29.8 Å². The Morgan fingerprint density at radius 3 is 2.43 bits per heavy atom. The van der Waals surface area contributed by atoms with Crippen LogP contribution < -0.4 is 4.90 Å². The largest absolute Gasteiger partial charge is 0.481 e. The van der Waals surface area contributed by atoms with Crippen LogP contribution >= 0.6 is 11.6 Å². The first kappa shape index (κ1) is 13.6. The fourth-order valence-electron chi connectivity index (χ4n) is 2.56. The summed E-state index contributed by atoms with van der Waals surface area (Å²) in [4.78, 5) is 25.4. The minimum atomic E-state index is -0.922. The van der Waals surface area contributed by atoms with E-state index in [1.165, 1.54) is 4.90 Å². The summed E-state index contributed by atoms with van der Waals surface area (Å²) in [5.41, 5.74) is 1.82. The molecule has 0 saturated carbocycles. The number of hydrogen-bond donors (Lipinski definition) is 1. The van der Waals surface area contributed by atoms with Crippen molar-refractivity contribution in [2.24, 2.45) is 0 Å². The fourth-order valence-corrected chi connectivity index (χ4v) is 2.68. The van der Waals surface area contributed by atoms with Crippen molar-refractivity contribution in [3.8, 4) is 0 Å². The van der Waals surface area contributed by atoms with Gasteiger partial charge in [0.05, 0.1) is 0 Å². The Kier molecular flexibility index (Phi) is 3.39. The van der Waals surface area contributed by atoms with Crippen LogP contribution in [0.1, 0.15) is 21.8 Å². The van der Waals surface area contributed by atoms with E-state index in [2.05, 4.69) is 0 Å². The lowest BCUT2D eigenvalue weighted by Gasteiger charge is -2.17. The molecule has 106 valence electrons. The molecular weight excluding hydrogens is 290 g/mol. The molecule has 0 spiro atoms. The van der Waals surface area contributed by atoms with Gasteiger partial charge in [0.15, 0.2) is 0 Å². The number of anilines is 1. The molecule has 2 aromatic carbocycles. The topological polar surface area (TPSA) is 57.6 Å². The van der Waals surface area contributed by atoms with Gasteiger partial charge in [0.1, 0.15) is 5.92 Å². The van der Waals surface area contributed by atoms with Crippen LogP contribution in [0, 0.1) is 0 Å². The van der Waals surface area contributed by atoms with E-state index >= 15 is 0 Å². The second kappa shape index (κ2) is 5.22. The standard InChI is InChI=1S/C16H12ClNO3/c17-11-7-5-10(6-8-11)15(19)18-9-13(16(20)21)12-3-1-2-4-14(12)18/h1-8,13H,9H2,(H,20,21). The van der Waals surface area contributed by atoms with E-state index in [1.54, 1.807) is 48.5 Å². The number of hydrogen-bond acceptors (Lipinski definition) is 2. The van der Waals surface area contributed by atoms with Gasteiger partial charge in [-0.05, 0) is 35.9 Å². The Hall–Kier alpha value is -2.33. The van der Waals surface area contributed by atoms with Crippen molar-refractivity contribution in [3.05, 3.63) is 64.7 Å². The third-order valence-electron chi connectivity index (χ3n) is 3.60. The molecule has 1 N–H and O–H groups in total. The number of rotatable bonds is 2. The Bertz CT molecular complexity index is 712. The van der Waals surface area contributed by atoms with Crippen molar-refractivity contribution < 1.29 is 14.7 Å². The average Bonchev–Trinajstić information content (AvgIpc) is 2.87. The molecule has 1 aliphatic rings. The second-order valence-corrected chi connectivity index (χ2v) is 5.31. The Labute approximate surface area is 126 Å². The minimum absolute atomic E-state index is 0.149. The molecule has 1 unspecified atom stereocenters. The van der Waals surface area contributed by atoms with Crippen molar-refractivity contribution in [1.82, 2.24) is 0 Å². The Morgan fingerprint density at radius 2 is 1.76 bits per heavy atom. The van der Waals surface area contributed by atoms with Crippen LogP contribution in [0.5, 0.6) is 0 Å². The predicted octanol–water partition coefficient (Wildman–Crippen LogP) is 3.17. The zero-order chi connectivity index (χ0) is 15.0. The van der Waals surface area contributed by atoms with Crippen LogP contribution in [0.25, 0.3) is 0 Å². The van der Waals surface area contributed by atoms with E-state index in [1.807, 2.05) is 0 Å². The molecule has 5 heteroatoms. The van der Waals surface area contributed by atoms with Crippen molar-refractivity contribution >= 4 is 29.2 Å². The smallest absolute Gasteiger partial charge is 0.312 e. The van der Waals surface area contributed by atoms with Gasteiger partial charge in [-0.3, -0.25) is 9.59 Å². The number of para-hydroxylation sites is 1. The third kappa shape index (κ3) is 2.38. The third-order valence-corrected chi connectivity index (χ3v) is 3.85. The molecule has 1 heterocycles. The normalized spacial score (nSPS) is 16.6. The zero-order valence-corrected chi connectivity index (χ0v) is 11.7. The van der Waals surface area contributed by atoms with Crippen molar-refractivity contribution in [1.29, 1.82) is 0 Å². The molecule has 1 atom stereocenters. The highest BCUT2D eigenvalue weighted by Crippen LogP contribution is 2.37. The summed E-state index contributed by atoms with van der Waals surface area (Å²) < 4.78 is 0. The molecule has 0 aliphatic carbocycles. The quantitative estimate of drug-likeness (QED) is 0.927. The lowest BCUT2D eigenvalue weighted by atomic mass is 10.0. The maximum Gasteiger partial charge on any atom is 0.312 e. The van der Waals surface area contributed by atoms with Crippen LogP contribution in [0.15, 0.2) is 48.5 Å². The maximum atomic E-state index is 12.6. The molecule has 0 saturated heterocycles. The fraction of sp³-hybridized carbons (Fsp3) is 0.125. The van der Waals surface area contributed by atoms with Gasteiger partial charge in [-0.2, -0.15) is 0 Å². The number of fused-ring (bicyclic) bond motifs is 1. The number of halogens is 1. The van der Waals surface area contributed by atoms with Crippen LogP contribution in [0.4, 0.5) is 5.69 Å². The van der Waals surface area contributed by atoms with Gasteiger partial charge in [0.25, 0.3) is 5.91 Å². The van der Waals surface area contributed by atoms with Crippen molar-refractivity contribution in [2.45, 2.75) is 5.92 Å². The number of amides is 1. The number of carboxylic acids is 1. The summed E-state index contributed by atoms with van der Waals surface area (Å²) >= 11 is 5.82. The SMILES string of the molecule is O=C(O)C1CN(C(=O)c2ccc(Cl)cc2)c2ccccc21. The van der Waals surface area contributed by atoms with Crippen molar-refractivity contribution in [3.63, 3.8) is 0 Å². The molecule has 21 heavy (non-hydrogen) atoms. The first-order valence-electron chi connectivity index (χ1n) is 6.47. The summed E-state index contributed by atoms with van der Waals surface area (Å²) in [5.74, 6) is -1.82. The Morgan fingerprint density at radius 1 is 1.10 bits per heavy atom. The molecule has 3 rings (SSSR count). The van der Waals surface area contributed by atoms with E-state index in [9.17, 15) is 14.7 Å². The van der Waals surface area contributed by atoms with Gasteiger partial charge >= 0.3 is 5.97 Å². The summed E-state index contributed by atoms with van der Waals surface area (Å²) in [5, 5.41) is 9.86. The monoisotopic (exact) mass is 301 g/mol. The van der Waals surface area contributed by atoms with Crippen molar-refractivity contribution in [2.75, 3.05) is 11.4 Å². The lowest BCUT2D eigenvalue weighted by Crippen LogP contribution is -2.31. The van der Waals surface area contributed by atoms with Gasteiger partial charge in [0.2, 0.25) is 0 Å². The number of carbonyl (C=O) groups excluding carboxylic acids is 1. The molecule has 4 nitrogen and oxygen atoms in total. The Balaban J connectivity index is 1.98. The van der Waals surface area contributed by atoms with Crippen LogP contribution in [-0.2, 0) is 4.79 Å². The molecule has 0 aromatic heterocycles. The number of nitrogens with zero attached hydrogens (tertiary/aromatic N) is 1. The maximum absolute atomic E-state index is 12.6. The summed E-state index contributed by atoms with van der Waals surface area (Å²) in [7, 11) is 0. The first-order valence-corrected chi connectivity index (χ1v) is 6.85. The highest BCUT2D eigenvalue weighted by molar-refractivity contribution is 6.30. The van der Waals surface area contributed by atoms with E-state index in [4.69, 9.17) is 11.6 Å². The number of benzene rings is 2. The number of carboxylic acid groups (broad SMARTS) is 1. The van der Waals surface area contributed by atoms with Gasteiger partial charge in [-0.25, -0.2) is 0 Å².